The molecule has 2 amide bonds. The molecule has 2 rings (SSSR count). The number of methoxy groups -OCH3 is 1. The van der Waals surface area contributed by atoms with Crippen LogP contribution in [0.4, 0.5) is 10.5 Å². The highest BCUT2D eigenvalue weighted by molar-refractivity contribution is 9.10. The number of carbonyl (C=O) groups is 1. The monoisotopic (exact) mass is 342 g/mol. The maximum absolute atomic E-state index is 12.0. The molecule has 1 heterocycles. The van der Waals surface area contributed by atoms with Crippen LogP contribution in [-0.2, 0) is 4.74 Å². The molecule has 2 N–H and O–H groups in total. The van der Waals surface area contributed by atoms with Gasteiger partial charge in [0.2, 0.25) is 0 Å². The highest BCUT2D eigenvalue weighted by Crippen LogP contribution is 2.27. The van der Waals surface area contributed by atoms with Gasteiger partial charge in [0.05, 0.1) is 18.9 Å². The van der Waals surface area contributed by atoms with Crippen molar-refractivity contribution in [1.82, 2.24) is 5.32 Å². The Morgan fingerprint density at radius 2 is 2.30 bits per heavy atom. The Kier molecular flexibility index (Phi) is 5.25. The number of urea groups is 1. The molecule has 110 valence electrons. The fourth-order valence-electron chi connectivity index (χ4n) is 2.25. The molecule has 1 aliphatic heterocycles. The summed E-state index contributed by atoms with van der Waals surface area (Å²) in [4.78, 5) is 12.0. The van der Waals surface area contributed by atoms with Crippen molar-refractivity contribution in [2.24, 2.45) is 0 Å². The fraction of sp³-hybridized carbons (Fsp3) is 0.500. The van der Waals surface area contributed by atoms with Crippen molar-refractivity contribution >= 4 is 27.6 Å². The van der Waals surface area contributed by atoms with Crippen molar-refractivity contribution < 1.29 is 14.3 Å². The standard InChI is InChI=1S/C14H19BrN2O3/c1-9-7-11(5-6-20-9)16-14(18)17-12-8-10(15)3-4-13(12)19-2/h3-4,8-9,11H,5-7H2,1-2H3,(H2,16,17,18)/t9-,11-/m1/s1. The Hall–Kier alpha value is -1.27. The number of anilines is 1. The van der Waals surface area contributed by atoms with Gasteiger partial charge in [-0.1, -0.05) is 15.9 Å². The first-order valence-electron chi connectivity index (χ1n) is 6.61. The molecule has 0 saturated carbocycles. The first-order valence-corrected chi connectivity index (χ1v) is 7.40. The minimum Gasteiger partial charge on any atom is -0.495 e. The van der Waals surface area contributed by atoms with Crippen LogP contribution in [0.1, 0.15) is 19.8 Å². The van der Waals surface area contributed by atoms with Crippen molar-refractivity contribution in [2.75, 3.05) is 19.0 Å². The minimum absolute atomic E-state index is 0.150. The van der Waals surface area contributed by atoms with Gasteiger partial charge < -0.3 is 20.1 Å². The predicted octanol–water partition coefficient (Wildman–Crippen LogP) is 3.15. The lowest BCUT2D eigenvalue weighted by molar-refractivity contribution is 0.0157. The van der Waals surface area contributed by atoms with Gasteiger partial charge in [0, 0.05) is 17.1 Å². The van der Waals surface area contributed by atoms with Crippen LogP contribution >= 0.6 is 15.9 Å². The predicted molar refractivity (Wildman–Crippen MR) is 81.3 cm³/mol. The largest absolute Gasteiger partial charge is 0.495 e. The van der Waals surface area contributed by atoms with E-state index >= 15 is 0 Å². The van der Waals surface area contributed by atoms with Gasteiger partial charge >= 0.3 is 6.03 Å². The molecule has 2 atom stereocenters. The van der Waals surface area contributed by atoms with Crippen molar-refractivity contribution in [3.63, 3.8) is 0 Å². The summed E-state index contributed by atoms with van der Waals surface area (Å²) in [6.07, 6.45) is 1.87. The zero-order chi connectivity index (χ0) is 14.5. The minimum atomic E-state index is -0.222. The maximum atomic E-state index is 12.0. The van der Waals surface area contributed by atoms with E-state index in [9.17, 15) is 4.79 Å². The lowest BCUT2D eigenvalue weighted by Gasteiger charge is -2.28. The fourth-order valence-corrected chi connectivity index (χ4v) is 2.61. The number of halogens is 1. The number of amides is 2. The van der Waals surface area contributed by atoms with Crippen LogP contribution in [-0.4, -0.2) is 31.9 Å². The molecule has 0 aromatic heterocycles. The number of benzene rings is 1. The van der Waals surface area contributed by atoms with Gasteiger partial charge in [-0.3, -0.25) is 0 Å². The van der Waals surface area contributed by atoms with E-state index in [-0.39, 0.29) is 18.2 Å². The SMILES string of the molecule is COc1ccc(Br)cc1NC(=O)N[C@@H]1CCO[C@H](C)C1. The van der Waals surface area contributed by atoms with E-state index in [2.05, 4.69) is 26.6 Å². The number of hydrogen-bond donors (Lipinski definition) is 2. The average molecular weight is 343 g/mol. The van der Waals surface area contributed by atoms with E-state index in [0.29, 0.717) is 18.0 Å². The third kappa shape index (κ3) is 4.11. The van der Waals surface area contributed by atoms with E-state index in [1.54, 1.807) is 13.2 Å². The van der Waals surface area contributed by atoms with Crippen molar-refractivity contribution in [3.8, 4) is 5.75 Å². The molecule has 0 unspecified atom stereocenters. The van der Waals surface area contributed by atoms with Crippen LogP contribution in [0, 0.1) is 0 Å². The number of carbonyl (C=O) groups excluding carboxylic acids is 1. The first-order chi connectivity index (χ1) is 9.58. The first kappa shape index (κ1) is 15.1. The van der Waals surface area contributed by atoms with Crippen LogP contribution in [0.25, 0.3) is 0 Å². The summed E-state index contributed by atoms with van der Waals surface area (Å²) in [5.41, 5.74) is 0.638. The van der Waals surface area contributed by atoms with Gasteiger partial charge in [-0.05, 0) is 38.0 Å². The lowest BCUT2D eigenvalue weighted by Crippen LogP contribution is -2.43. The summed E-state index contributed by atoms with van der Waals surface area (Å²) in [6.45, 7) is 2.70. The molecule has 0 radical (unpaired) electrons. The molecule has 1 saturated heterocycles. The molecule has 0 aliphatic carbocycles. The second-order valence-corrected chi connectivity index (χ2v) is 5.76. The van der Waals surface area contributed by atoms with Gasteiger partial charge in [0.1, 0.15) is 5.75 Å². The Morgan fingerprint density at radius 1 is 1.50 bits per heavy atom. The third-order valence-electron chi connectivity index (χ3n) is 3.23. The summed E-state index contributed by atoms with van der Waals surface area (Å²) in [5.74, 6) is 0.628. The summed E-state index contributed by atoms with van der Waals surface area (Å²) < 4.78 is 11.6. The summed E-state index contributed by atoms with van der Waals surface area (Å²) >= 11 is 3.38. The molecule has 5 nitrogen and oxygen atoms in total. The lowest BCUT2D eigenvalue weighted by atomic mass is 10.0. The van der Waals surface area contributed by atoms with Crippen LogP contribution in [0.15, 0.2) is 22.7 Å². The molecule has 1 aromatic carbocycles. The molecule has 1 fully saturated rings. The Balaban J connectivity index is 1.95. The molecule has 1 aromatic rings. The number of rotatable bonds is 3. The van der Waals surface area contributed by atoms with Gasteiger partial charge in [-0.15, -0.1) is 0 Å². The average Bonchev–Trinajstić information content (AvgIpc) is 2.38. The quantitative estimate of drug-likeness (QED) is 0.886. The smallest absolute Gasteiger partial charge is 0.319 e. The molecule has 0 spiro atoms. The summed E-state index contributed by atoms with van der Waals surface area (Å²) in [6, 6.07) is 5.40. The third-order valence-corrected chi connectivity index (χ3v) is 3.72. The maximum Gasteiger partial charge on any atom is 0.319 e. The van der Waals surface area contributed by atoms with Gasteiger partial charge in [-0.2, -0.15) is 0 Å². The molecular formula is C14H19BrN2O3. The van der Waals surface area contributed by atoms with Crippen molar-refractivity contribution in [2.45, 2.75) is 31.9 Å². The Bertz CT molecular complexity index is 481. The van der Waals surface area contributed by atoms with E-state index < -0.39 is 0 Å². The van der Waals surface area contributed by atoms with Crippen LogP contribution in [0.5, 0.6) is 5.75 Å². The number of hydrogen-bond acceptors (Lipinski definition) is 3. The zero-order valence-corrected chi connectivity index (χ0v) is 13.2. The normalized spacial score (nSPS) is 22.1. The highest BCUT2D eigenvalue weighted by Gasteiger charge is 2.21. The molecule has 20 heavy (non-hydrogen) atoms. The Labute approximate surface area is 127 Å². The molecule has 0 bridgehead atoms. The molecule has 6 heteroatoms. The Morgan fingerprint density at radius 3 is 3.00 bits per heavy atom. The number of nitrogens with one attached hydrogen (secondary N) is 2. The van der Waals surface area contributed by atoms with Crippen LogP contribution in [0.2, 0.25) is 0 Å². The van der Waals surface area contributed by atoms with Gasteiger partial charge in [-0.25, -0.2) is 4.79 Å². The van der Waals surface area contributed by atoms with Crippen molar-refractivity contribution in [1.29, 1.82) is 0 Å². The van der Waals surface area contributed by atoms with Gasteiger partial charge in [0.15, 0.2) is 0 Å². The topological polar surface area (TPSA) is 59.6 Å². The van der Waals surface area contributed by atoms with Crippen LogP contribution < -0.4 is 15.4 Å². The van der Waals surface area contributed by atoms with E-state index in [4.69, 9.17) is 9.47 Å². The second-order valence-electron chi connectivity index (χ2n) is 4.85. The van der Waals surface area contributed by atoms with Crippen molar-refractivity contribution in [3.05, 3.63) is 22.7 Å². The molecular weight excluding hydrogens is 324 g/mol. The second kappa shape index (κ2) is 6.95. The zero-order valence-electron chi connectivity index (χ0n) is 11.6. The highest BCUT2D eigenvalue weighted by atomic mass is 79.9. The van der Waals surface area contributed by atoms with Gasteiger partial charge in [0.25, 0.3) is 0 Å². The van der Waals surface area contributed by atoms with E-state index in [1.807, 2.05) is 19.1 Å². The summed E-state index contributed by atoms with van der Waals surface area (Å²) in [7, 11) is 1.58. The van der Waals surface area contributed by atoms with E-state index in [1.165, 1.54) is 0 Å². The summed E-state index contributed by atoms with van der Waals surface area (Å²) in [5, 5.41) is 5.79. The number of ether oxygens (including phenoxy) is 2. The molecule has 1 aliphatic rings. The van der Waals surface area contributed by atoms with E-state index in [0.717, 1.165) is 17.3 Å². The van der Waals surface area contributed by atoms with Crippen LogP contribution in [0.3, 0.4) is 0 Å².